The highest BCUT2D eigenvalue weighted by atomic mass is 32.1. The van der Waals surface area contributed by atoms with Crippen LogP contribution in [0.15, 0.2) is 40.1 Å². The number of nitrogens with one attached hydrogen (secondary N) is 2. The molecule has 1 fully saturated rings. The van der Waals surface area contributed by atoms with Crippen LogP contribution in [0.1, 0.15) is 35.9 Å². The van der Waals surface area contributed by atoms with Crippen molar-refractivity contribution in [2.45, 2.75) is 25.7 Å². The average Bonchev–Trinajstić information content (AvgIpc) is 3.49. The lowest BCUT2D eigenvalue weighted by Gasteiger charge is -2.23. The van der Waals surface area contributed by atoms with Crippen LogP contribution in [0, 0.1) is 6.92 Å². The maximum atomic E-state index is 5.61. The van der Waals surface area contributed by atoms with Crippen LogP contribution in [0.3, 0.4) is 0 Å². The molecule has 1 unspecified atom stereocenters. The number of nitrogens with zero attached hydrogens (tertiary/aromatic N) is 5. The summed E-state index contributed by atoms with van der Waals surface area (Å²) in [6, 6.07) is 6.11. The van der Waals surface area contributed by atoms with Gasteiger partial charge < -0.3 is 15.1 Å². The lowest BCUT2D eigenvalue weighted by Crippen LogP contribution is -2.29. The second-order valence-corrected chi connectivity index (χ2v) is 8.29. The van der Waals surface area contributed by atoms with Crippen molar-refractivity contribution in [3.63, 3.8) is 0 Å². The summed E-state index contributed by atoms with van der Waals surface area (Å²) in [5.41, 5.74) is 4.74. The van der Waals surface area contributed by atoms with E-state index < -0.39 is 0 Å². The van der Waals surface area contributed by atoms with Crippen molar-refractivity contribution >= 4 is 34.2 Å². The van der Waals surface area contributed by atoms with Crippen molar-refractivity contribution in [1.82, 2.24) is 24.3 Å². The molecule has 1 aliphatic rings. The van der Waals surface area contributed by atoms with Crippen LogP contribution in [0.5, 0.6) is 0 Å². The molecule has 0 saturated carbocycles. The lowest BCUT2D eigenvalue weighted by molar-refractivity contribution is 0.455. The SMILES string of the molecule is CN=Cc1cc(-c2cnn3c(Nc4cc(C)ns4)cc(C4CCCNC4)nc23)co1. The monoisotopic (exact) mass is 421 g/mol. The van der Waals surface area contributed by atoms with Crippen LogP contribution < -0.4 is 10.6 Å². The van der Waals surface area contributed by atoms with Crippen molar-refractivity contribution < 1.29 is 4.42 Å². The number of fused-ring (bicyclic) bond motifs is 1. The third-order valence-electron chi connectivity index (χ3n) is 5.27. The Hall–Kier alpha value is -3.04. The van der Waals surface area contributed by atoms with Gasteiger partial charge in [0, 0.05) is 36.7 Å². The molecule has 0 radical (unpaired) electrons. The summed E-state index contributed by atoms with van der Waals surface area (Å²) < 4.78 is 11.8. The van der Waals surface area contributed by atoms with E-state index in [0.29, 0.717) is 11.7 Å². The Balaban J connectivity index is 1.62. The zero-order chi connectivity index (χ0) is 20.5. The highest BCUT2D eigenvalue weighted by Crippen LogP contribution is 2.32. The summed E-state index contributed by atoms with van der Waals surface area (Å²) in [4.78, 5) is 9.06. The van der Waals surface area contributed by atoms with Crippen LogP contribution in [0.4, 0.5) is 10.8 Å². The van der Waals surface area contributed by atoms with Gasteiger partial charge >= 0.3 is 0 Å². The third kappa shape index (κ3) is 3.61. The molecule has 0 aliphatic carbocycles. The Kier molecular flexibility index (Phi) is 5.06. The highest BCUT2D eigenvalue weighted by Gasteiger charge is 2.21. The lowest BCUT2D eigenvalue weighted by atomic mass is 9.96. The summed E-state index contributed by atoms with van der Waals surface area (Å²) in [5.74, 6) is 1.97. The summed E-state index contributed by atoms with van der Waals surface area (Å²) in [5, 5.41) is 12.6. The Bertz CT molecular complexity index is 1200. The van der Waals surface area contributed by atoms with Gasteiger partial charge in [-0.1, -0.05) is 0 Å². The number of piperidine rings is 1. The van der Waals surface area contributed by atoms with Crippen molar-refractivity contribution in [3.05, 3.63) is 47.8 Å². The van der Waals surface area contributed by atoms with Crippen LogP contribution in [0.25, 0.3) is 16.8 Å². The molecule has 30 heavy (non-hydrogen) atoms. The number of furan rings is 1. The largest absolute Gasteiger partial charge is 0.463 e. The van der Waals surface area contributed by atoms with Gasteiger partial charge in [-0.25, -0.2) is 4.98 Å². The summed E-state index contributed by atoms with van der Waals surface area (Å²) >= 11 is 1.44. The summed E-state index contributed by atoms with van der Waals surface area (Å²) in [6.45, 7) is 4.00. The smallest absolute Gasteiger partial charge is 0.165 e. The van der Waals surface area contributed by atoms with E-state index in [2.05, 4.69) is 31.2 Å². The zero-order valence-corrected chi connectivity index (χ0v) is 17.7. The maximum absolute atomic E-state index is 5.61. The summed E-state index contributed by atoms with van der Waals surface area (Å²) in [7, 11) is 1.72. The fraction of sp³-hybridized carbons (Fsp3) is 0.333. The topological polar surface area (TPSA) is 92.6 Å². The minimum absolute atomic E-state index is 0.377. The standard InChI is InChI=1S/C21H23N7OS/c1-13-6-20(30-27-13)26-19-8-18(14-4-3-5-23-9-14)25-21-17(11-24-28(19)21)15-7-16(10-22-2)29-12-15/h6-8,10-12,14,23,26H,3-5,9H2,1-2H3. The molecule has 1 atom stereocenters. The van der Waals surface area contributed by atoms with Gasteiger partial charge in [0.05, 0.1) is 30.1 Å². The van der Waals surface area contributed by atoms with Crippen LogP contribution >= 0.6 is 11.5 Å². The highest BCUT2D eigenvalue weighted by molar-refractivity contribution is 7.10. The fourth-order valence-electron chi connectivity index (χ4n) is 3.83. The number of anilines is 2. The molecule has 5 rings (SSSR count). The molecule has 0 bridgehead atoms. The van der Waals surface area contributed by atoms with E-state index in [1.165, 1.54) is 11.5 Å². The second kappa shape index (κ2) is 8.00. The van der Waals surface area contributed by atoms with E-state index in [9.17, 15) is 0 Å². The second-order valence-electron chi connectivity index (χ2n) is 7.49. The normalized spacial score (nSPS) is 17.2. The number of hydrogen-bond acceptors (Lipinski definition) is 8. The molecule has 9 heteroatoms. The molecule has 0 amide bonds. The van der Waals surface area contributed by atoms with E-state index in [-0.39, 0.29) is 0 Å². The van der Waals surface area contributed by atoms with Gasteiger partial charge in [0.15, 0.2) is 5.65 Å². The van der Waals surface area contributed by atoms with E-state index in [1.807, 2.05) is 29.8 Å². The molecule has 154 valence electrons. The number of aromatic nitrogens is 4. The molecule has 1 aliphatic heterocycles. The van der Waals surface area contributed by atoms with Gasteiger partial charge in [-0.2, -0.15) is 14.0 Å². The molecule has 1 saturated heterocycles. The first-order valence-corrected chi connectivity index (χ1v) is 10.8. The molecule has 0 spiro atoms. The van der Waals surface area contributed by atoms with Crippen molar-refractivity contribution in [3.8, 4) is 11.1 Å². The van der Waals surface area contributed by atoms with Gasteiger partial charge in [-0.3, -0.25) is 4.99 Å². The van der Waals surface area contributed by atoms with E-state index in [0.717, 1.165) is 64.9 Å². The van der Waals surface area contributed by atoms with Crippen LogP contribution in [0.2, 0.25) is 0 Å². The molecule has 2 N–H and O–H groups in total. The van der Waals surface area contributed by atoms with Crippen LogP contribution in [-0.4, -0.2) is 45.3 Å². The number of aryl methyl sites for hydroxylation is 1. The Morgan fingerprint density at radius 3 is 3.07 bits per heavy atom. The number of rotatable bonds is 5. The summed E-state index contributed by atoms with van der Waals surface area (Å²) in [6.07, 6.45) is 7.54. The predicted octanol–water partition coefficient (Wildman–Crippen LogP) is 4.01. The van der Waals surface area contributed by atoms with Crippen LogP contribution in [-0.2, 0) is 0 Å². The number of aliphatic imine (C=N–C) groups is 1. The first kappa shape index (κ1) is 19.0. The van der Waals surface area contributed by atoms with Gasteiger partial charge in [0.1, 0.15) is 16.6 Å². The predicted molar refractivity (Wildman–Crippen MR) is 119 cm³/mol. The van der Waals surface area contributed by atoms with Crippen molar-refractivity contribution in [2.75, 3.05) is 25.5 Å². The Morgan fingerprint density at radius 1 is 1.37 bits per heavy atom. The molecule has 5 heterocycles. The van der Waals surface area contributed by atoms with Crippen molar-refractivity contribution in [1.29, 1.82) is 0 Å². The minimum atomic E-state index is 0.377. The molecular weight excluding hydrogens is 398 g/mol. The van der Waals surface area contributed by atoms with Gasteiger partial charge in [0.2, 0.25) is 0 Å². The fourth-order valence-corrected chi connectivity index (χ4v) is 4.49. The van der Waals surface area contributed by atoms with Gasteiger partial charge in [-0.15, -0.1) is 0 Å². The molecule has 4 aromatic heterocycles. The molecule has 0 aromatic carbocycles. The molecule has 8 nitrogen and oxygen atoms in total. The Morgan fingerprint density at radius 2 is 2.30 bits per heavy atom. The first-order chi connectivity index (χ1) is 14.7. The third-order valence-corrected chi connectivity index (χ3v) is 6.07. The average molecular weight is 422 g/mol. The minimum Gasteiger partial charge on any atom is -0.463 e. The number of hydrogen-bond donors (Lipinski definition) is 2. The van der Waals surface area contributed by atoms with Gasteiger partial charge in [-0.05, 0) is 50.0 Å². The first-order valence-electron chi connectivity index (χ1n) is 10.0. The zero-order valence-electron chi connectivity index (χ0n) is 16.9. The Labute approximate surface area is 178 Å². The van der Waals surface area contributed by atoms with E-state index in [1.54, 1.807) is 19.5 Å². The quantitative estimate of drug-likeness (QED) is 0.473. The maximum Gasteiger partial charge on any atom is 0.165 e. The van der Waals surface area contributed by atoms with Crippen molar-refractivity contribution in [2.24, 2.45) is 4.99 Å². The van der Waals surface area contributed by atoms with E-state index >= 15 is 0 Å². The van der Waals surface area contributed by atoms with Gasteiger partial charge in [0.25, 0.3) is 0 Å². The molecular formula is C21H23N7OS. The van der Waals surface area contributed by atoms with E-state index in [4.69, 9.17) is 9.40 Å². The molecule has 4 aromatic rings.